The van der Waals surface area contributed by atoms with Crippen LogP contribution >= 0.6 is 0 Å². The third-order valence-electron chi connectivity index (χ3n) is 2.83. The van der Waals surface area contributed by atoms with Crippen LogP contribution < -0.4 is 0 Å². The maximum Gasteiger partial charge on any atom is 0.199 e. The van der Waals surface area contributed by atoms with E-state index in [1.54, 1.807) is 28.0 Å². The molecule has 0 aliphatic heterocycles. The Morgan fingerprint density at radius 3 is 2.71 bits per heavy atom. The van der Waals surface area contributed by atoms with E-state index >= 15 is 0 Å². The molecular formula is C12H16N4O. The highest BCUT2D eigenvalue weighted by Gasteiger charge is 2.16. The first kappa shape index (κ1) is 11.6. The summed E-state index contributed by atoms with van der Waals surface area (Å²) in [7, 11) is 1.83. The number of carbonyl (C=O) groups is 1. The van der Waals surface area contributed by atoms with Gasteiger partial charge in [0.05, 0.1) is 23.5 Å². The van der Waals surface area contributed by atoms with E-state index in [1.165, 1.54) is 0 Å². The minimum absolute atomic E-state index is 0.0158. The standard InChI is InChI=1S/C12H16N4O/c1-4-5-16-8-10(6-14-16)12(17)11-7-13-15(3)9(11)2/h6-8H,4-5H2,1-3H3. The molecule has 2 rings (SSSR count). The number of ketones is 1. The Balaban J connectivity index is 2.27. The highest BCUT2D eigenvalue weighted by Crippen LogP contribution is 2.12. The second-order valence-electron chi connectivity index (χ2n) is 4.09. The van der Waals surface area contributed by atoms with Gasteiger partial charge in [-0.1, -0.05) is 6.92 Å². The number of aryl methyl sites for hydroxylation is 2. The minimum Gasteiger partial charge on any atom is -0.288 e. The molecule has 17 heavy (non-hydrogen) atoms. The first-order valence-electron chi connectivity index (χ1n) is 5.69. The maximum absolute atomic E-state index is 12.2. The highest BCUT2D eigenvalue weighted by molar-refractivity contribution is 6.09. The van der Waals surface area contributed by atoms with Crippen LogP contribution in [0.1, 0.15) is 35.0 Å². The molecule has 0 aromatic carbocycles. The van der Waals surface area contributed by atoms with Crippen LogP contribution in [-0.2, 0) is 13.6 Å². The van der Waals surface area contributed by atoms with Gasteiger partial charge in [-0.3, -0.25) is 14.2 Å². The van der Waals surface area contributed by atoms with Crippen molar-refractivity contribution in [2.24, 2.45) is 7.05 Å². The minimum atomic E-state index is -0.0158. The van der Waals surface area contributed by atoms with Crippen molar-refractivity contribution in [1.82, 2.24) is 19.6 Å². The van der Waals surface area contributed by atoms with Gasteiger partial charge in [0, 0.05) is 25.5 Å². The Morgan fingerprint density at radius 2 is 2.12 bits per heavy atom. The summed E-state index contributed by atoms with van der Waals surface area (Å²) in [6.07, 6.45) is 6.01. The van der Waals surface area contributed by atoms with Crippen molar-refractivity contribution < 1.29 is 4.79 Å². The molecule has 0 saturated carbocycles. The van der Waals surface area contributed by atoms with Gasteiger partial charge in [-0.05, 0) is 13.3 Å². The van der Waals surface area contributed by atoms with E-state index in [0.717, 1.165) is 18.7 Å². The van der Waals surface area contributed by atoms with Crippen molar-refractivity contribution in [1.29, 1.82) is 0 Å². The van der Waals surface area contributed by atoms with Gasteiger partial charge in [-0.25, -0.2) is 0 Å². The van der Waals surface area contributed by atoms with Crippen molar-refractivity contribution in [3.8, 4) is 0 Å². The maximum atomic E-state index is 12.2. The van der Waals surface area contributed by atoms with Crippen LogP contribution in [0.4, 0.5) is 0 Å². The average molecular weight is 232 g/mol. The van der Waals surface area contributed by atoms with E-state index in [2.05, 4.69) is 17.1 Å². The summed E-state index contributed by atoms with van der Waals surface area (Å²) in [5.41, 5.74) is 2.14. The van der Waals surface area contributed by atoms with Gasteiger partial charge in [0.15, 0.2) is 5.78 Å². The lowest BCUT2D eigenvalue weighted by Crippen LogP contribution is -2.03. The predicted octanol–water partition coefficient (Wildman–Crippen LogP) is 1.57. The van der Waals surface area contributed by atoms with Gasteiger partial charge in [-0.2, -0.15) is 10.2 Å². The fourth-order valence-electron chi connectivity index (χ4n) is 1.71. The Morgan fingerprint density at radius 1 is 1.35 bits per heavy atom. The molecule has 0 bridgehead atoms. The molecule has 0 fully saturated rings. The Kier molecular flexibility index (Phi) is 3.08. The molecule has 0 amide bonds. The number of rotatable bonds is 4. The quantitative estimate of drug-likeness (QED) is 0.752. The SMILES string of the molecule is CCCn1cc(C(=O)c2cnn(C)c2C)cn1. The molecule has 5 heteroatoms. The molecule has 0 aliphatic carbocycles. The van der Waals surface area contributed by atoms with Crippen molar-refractivity contribution in [2.75, 3.05) is 0 Å². The fourth-order valence-corrected chi connectivity index (χ4v) is 1.71. The molecule has 2 heterocycles. The lowest BCUT2D eigenvalue weighted by Gasteiger charge is -1.98. The lowest BCUT2D eigenvalue weighted by atomic mass is 10.1. The zero-order chi connectivity index (χ0) is 12.4. The van der Waals surface area contributed by atoms with Crippen molar-refractivity contribution in [3.63, 3.8) is 0 Å². The molecule has 0 atom stereocenters. The summed E-state index contributed by atoms with van der Waals surface area (Å²) in [4.78, 5) is 12.2. The predicted molar refractivity (Wildman–Crippen MR) is 63.9 cm³/mol. The van der Waals surface area contributed by atoms with Gasteiger partial charge < -0.3 is 0 Å². The lowest BCUT2D eigenvalue weighted by molar-refractivity contribution is 0.103. The smallest absolute Gasteiger partial charge is 0.199 e. The number of nitrogens with zero attached hydrogens (tertiary/aromatic N) is 4. The number of carbonyl (C=O) groups excluding carboxylic acids is 1. The summed E-state index contributed by atoms with van der Waals surface area (Å²) in [5, 5.41) is 8.23. The molecule has 0 saturated heterocycles. The number of hydrogen-bond acceptors (Lipinski definition) is 3. The van der Waals surface area contributed by atoms with Crippen molar-refractivity contribution >= 4 is 5.78 Å². The summed E-state index contributed by atoms with van der Waals surface area (Å²) < 4.78 is 3.49. The molecule has 90 valence electrons. The van der Waals surface area contributed by atoms with E-state index in [9.17, 15) is 4.79 Å². The van der Waals surface area contributed by atoms with E-state index in [-0.39, 0.29) is 5.78 Å². The topological polar surface area (TPSA) is 52.7 Å². The zero-order valence-corrected chi connectivity index (χ0v) is 10.3. The largest absolute Gasteiger partial charge is 0.288 e. The van der Waals surface area contributed by atoms with Crippen molar-refractivity contribution in [3.05, 3.63) is 35.4 Å². The molecular weight excluding hydrogens is 216 g/mol. The average Bonchev–Trinajstić information content (AvgIpc) is 2.88. The molecule has 0 radical (unpaired) electrons. The zero-order valence-electron chi connectivity index (χ0n) is 10.3. The molecule has 2 aromatic heterocycles. The number of hydrogen-bond donors (Lipinski definition) is 0. The second kappa shape index (κ2) is 4.53. The summed E-state index contributed by atoms with van der Waals surface area (Å²) in [6.45, 7) is 4.80. The normalized spacial score (nSPS) is 10.8. The first-order chi connectivity index (χ1) is 8.13. The molecule has 0 N–H and O–H groups in total. The van der Waals surface area contributed by atoms with Crippen LogP contribution in [0.15, 0.2) is 18.6 Å². The monoisotopic (exact) mass is 232 g/mol. The second-order valence-corrected chi connectivity index (χ2v) is 4.09. The molecule has 5 nitrogen and oxygen atoms in total. The van der Waals surface area contributed by atoms with Crippen LogP contribution in [0.5, 0.6) is 0 Å². The Labute approximate surface area is 100 Å². The Bertz CT molecular complexity index is 538. The third-order valence-corrected chi connectivity index (χ3v) is 2.83. The third kappa shape index (κ3) is 2.13. The first-order valence-corrected chi connectivity index (χ1v) is 5.69. The van der Waals surface area contributed by atoms with Crippen LogP contribution in [-0.4, -0.2) is 25.3 Å². The van der Waals surface area contributed by atoms with E-state index < -0.39 is 0 Å². The molecule has 0 unspecified atom stereocenters. The summed E-state index contributed by atoms with van der Waals surface area (Å²) in [6, 6.07) is 0. The van der Waals surface area contributed by atoms with Crippen LogP contribution in [0.3, 0.4) is 0 Å². The van der Waals surface area contributed by atoms with E-state index in [1.807, 2.05) is 14.0 Å². The van der Waals surface area contributed by atoms with Gasteiger partial charge in [-0.15, -0.1) is 0 Å². The number of aromatic nitrogens is 4. The summed E-state index contributed by atoms with van der Waals surface area (Å²) >= 11 is 0. The molecule has 2 aromatic rings. The summed E-state index contributed by atoms with van der Waals surface area (Å²) in [5.74, 6) is -0.0158. The van der Waals surface area contributed by atoms with E-state index in [0.29, 0.717) is 11.1 Å². The van der Waals surface area contributed by atoms with Gasteiger partial charge in [0.25, 0.3) is 0 Å². The molecule has 0 aliphatic rings. The Hall–Kier alpha value is -1.91. The molecule has 0 spiro atoms. The van der Waals surface area contributed by atoms with E-state index in [4.69, 9.17) is 0 Å². The van der Waals surface area contributed by atoms with Crippen LogP contribution in [0.25, 0.3) is 0 Å². The van der Waals surface area contributed by atoms with Gasteiger partial charge >= 0.3 is 0 Å². The van der Waals surface area contributed by atoms with Crippen LogP contribution in [0.2, 0.25) is 0 Å². The van der Waals surface area contributed by atoms with Gasteiger partial charge in [0.2, 0.25) is 0 Å². The van der Waals surface area contributed by atoms with Gasteiger partial charge in [0.1, 0.15) is 0 Å². The van der Waals surface area contributed by atoms with Crippen LogP contribution in [0, 0.1) is 6.92 Å². The van der Waals surface area contributed by atoms with Crippen molar-refractivity contribution in [2.45, 2.75) is 26.8 Å². The fraction of sp³-hybridized carbons (Fsp3) is 0.417. The highest BCUT2D eigenvalue weighted by atomic mass is 16.1.